The third kappa shape index (κ3) is 3.55. The summed E-state index contributed by atoms with van der Waals surface area (Å²) >= 11 is 0. The molecule has 1 aliphatic heterocycles. The fraction of sp³-hybridized carbons (Fsp3) is 0.500. The van der Waals surface area contributed by atoms with Crippen molar-refractivity contribution in [3.8, 4) is 0 Å². The van der Waals surface area contributed by atoms with Crippen LogP contribution in [-0.2, 0) is 4.74 Å². The maximum atomic E-state index is 11.7. The van der Waals surface area contributed by atoms with Crippen LogP contribution in [0.1, 0.15) is 7.65 Å². The Morgan fingerprint density at radius 1 is 1.39 bits per heavy atom. The van der Waals surface area contributed by atoms with E-state index in [2.05, 4.69) is 15.0 Å². The maximum absolute atomic E-state index is 11.7. The van der Waals surface area contributed by atoms with E-state index >= 15 is 0 Å². The third-order valence-electron chi connectivity index (χ3n) is 3.24. The van der Waals surface area contributed by atoms with Crippen LogP contribution in [0.15, 0.2) is 11.1 Å². The van der Waals surface area contributed by atoms with E-state index in [1.807, 2.05) is 0 Å². The van der Waals surface area contributed by atoms with E-state index in [-0.39, 0.29) is 59.0 Å². The van der Waals surface area contributed by atoms with Crippen molar-refractivity contribution in [2.24, 2.45) is 0 Å². The Kier molecular flexibility index (Phi) is 7.75. The Morgan fingerprint density at radius 2 is 2.04 bits per heavy atom. The van der Waals surface area contributed by atoms with E-state index in [9.17, 15) is 15.0 Å². The Balaban J connectivity index is 0. The number of aromatic amines is 1. The number of aliphatic hydroxyl groups is 3. The summed E-state index contributed by atoms with van der Waals surface area (Å²) in [5, 5.41) is 28.7. The Bertz CT molecular complexity index is 712. The molecule has 13 heteroatoms. The fourth-order valence-corrected chi connectivity index (χ4v) is 2.24. The normalized spacial score (nSPS) is 26.2. The van der Waals surface area contributed by atoms with Crippen LogP contribution in [0.3, 0.4) is 0 Å². The molecule has 0 saturated carbocycles. The second-order valence-corrected chi connectivity index (χ2v) is 4.50. The van der Waals surface area contributed by atoms with Gasteiger partial charge in [-0.05, 0) is 0 Å². The summed E-state index contributed by atoms with van der Waals surface area (Å²) in [7, 11) is 0. The standard InChI is InChI=1S/C10H13N5O5.Na.2H2O.H/c11-10-13-7-4(8(19)14-10)12-2-15(7)9-6(18)5(17)3(1-16)20-9;;;;/h2-3,5-6,9,16-18H,1H2,(H3,11,13,14,19);;2*1H2;/q;+1;;;-1/t3-,5-,6-,9-;;;;/m1..../s1. The van der Waals surface area contributed by atoms with Crippen LogP contribution in [0, 0.1) is 0 Å². The molecule has 4 atom stereocenters. The van der Waals surface area contributed by atoms with Gasteiger partial charge in [0.2, 0.25) is 5.95 Å². The molecule has 0 unspecified atom stereocenters. The minimum absolute atomic E-state index is 0. The van der Waals surface area contributed by atoms with Crippen LogP contribution < -0.4 is 40.9 Å². The number of hydrogen-bond donors (Lipinski definition) is 5. The smallest absolute Gasteiger partial charge is 1.00 e. The van der Waals surface area contributed by atoms with Gasteiger partial charge in [-0.15, -0.1) is 0 Å². The number of hydrogen-bond acceptors (Lipinski definition) is 8. The van der Waals surface area contributed by atoms with Crippen LogP contribution in [0.4, 0.5) is 5.95 Å². The quantitative estimate of drug-likeness (QED) is 0.328. The third-order valence-corrected chi connectivity index (χ3v) is 3.24. The topological polar surface area (TPSA) is 223 Å². The summed E-state index contributed by atoms with van der Waals surface area (Å²) < 4.78 is 6.64. The van der Waals surface area contributed by atoms with Gasteiger partial charge < -0.3 is 38.2 Å². The first-order valence-corrected chi connectivity index (χ1v) is 5.87. The molecule has 1 saturated heterocycles. The second-order valence-electron chi connectivity index (χ2n) is 4.50. The molecule has 0 aliphatic carbocycles. The van der Waals surface area contributed by atoms with Crippen molar-refractivity contribution in [3.63, 3.8) is 0 Å². The molecule has 1 fully saturated rings. The molecular formula is C10H18N5NaO7. The van der Waals surface area contributed by atoms with Gasteiger partial charge >= 0.3 is 29.6 Å². The molecule has 2 aromatic heterocycles. The van der Waals surface area contributed by atoms with E-state index in [1.165, 1.54) is 10.9 Å². The molecule has 10 N–H and O–H groups in total. The number of nitrogens with one attached hydrogen (secondary N) is 1. The number of nitrogens with zero attached hydrogens (tertiary/aromatic N) is 3. The molecular weight excluding hydrogens is 325 g/mol. The van der Waals surface area contributed by atoms with Gasteiger partial charge in [-0.1, -0.05) is 0 Å². The van der Waals surface area contributed by atoms with Crippen LogP contribution in [0.2, 0.25) is 0 Å². The van der Waals surface area contributed by atoms with Gasteiger partial charge in [-0.25, -0.2) is 4.98 Å². The monoisotopic (exact) mass is 343 g/mol. The van der Waals surface area contributed by atoms with Gasteiger partial charge in [-0.3, -0.25) is 14.3 Å². The van der Waals surface area contributed by atoms with E-state index in [0.29, 0.717) is 0 Å². The maximum Gasteiger partial charge on any atom is 1.00 e. The van der Waals surface area contributed by atoms with Crippen molar-refractivity contribution in [1.82, 2.24) is 19.5 Å². The van der Waals surface area contributed by atoms with Crippen molar-refractivity contribution in [3.05, 3.63) is 16.7 Å². The number of aliphatic hydroxyl groups excluding tert-OH is 3. The van der Waals surface area contributed by atoms with E-state index in [1.54, 1.807) is 0 Å². The second kappa shape index (κ2) is 8.14. The van der Waals surface area contributed by atoms with Crippen LogP contribution in [0.25, 0.3) is 11.2 Å². The van der Waals surface area contributed by atoms with E-state index in [0.717, 1.165) is 0 Å². The number of rotatable bonds is 2. The van der Waals surface area contributed by atoms with E-state index in [4.69, 9.17) is 15.6 Å². The zero-order valence-electron chi connectivity index (χ0n) is 13.2. The number of nitrogens with two attached hydrogens (primary N) is 1. The Morgan fingerprint density at radius 3 is 2.61 bits per heavy atom. The predicted octanol–water partition coefficient (Wildman–Crippen LogP) is -7.22. The van der Waals surface area contributed by atoms with Crippen molar-refractivity contribution >= 4 is 17.1 Å². The molecule has 0 radical (unpaired) electrons. The average Bonchev–Trinajstić information content (AvgIpc) is 2.93. The van der Waals surface area contributed by atoms with Gasteiger partial charge in [0.25, 0.3) is 5.56 Å². The zero-order valence-corrected chi connectivity index (χ0v) is 14.2. The Hall–Kier alpha value is -1.09. The summed E-state index contributed by atoms with van der Waals surface area (Å²) in [6.07, 6.45) is -3.21. The summed E-state index contributed by atoms with van der Waals surface area (Å²) in [6, 6.07) is 0. The molecule has 0 aromatic carbocycles. The van der Waals surface area contributed by atoms with Crippen molar-refractivity contribution in [2.75, 3.05) is 12.3 Å². The number of ether oxygens (including phenoxy) is 1. The SMILES string of the molecule is Nc1nc2c(ncn2[C@@H]2O[C@H](CO)[C@@H](O)[C@H]2O)c(=O)[nH]1.O.O.[H-].[Na+]. The molecule has 3 heterocycles. The van der Waals surface area contributed by atoms with Crippen molar-refractivity contribution < 1.29 is 62.0 Å². The number of H-pyrrole nitrogens is 1. The van der Waals surface area contributed by atoms with Crippen LogP contribution in [0.5, 0.6) is 0 Å². The molecule has 0 amide bonds. The first kappa shape index (κ1) is 21.9. The number of imidazole rings is 1. The average molecular weight is 343 g/mol. The van der Waals surface area contributed by atoms with Gasteiger partial charge in [0.15, 0.2) is 17.4 Å². The summed E-state index contributed by atoms with van der Waals surface area (Å²) in [5.41, 5.74) is 5.12. The minimum Gasteiger partial charge on any atom is -1.00 e. The first-order valence-electron chi connectivity index (χ1n) is 5.87. The van der Waals surface area contributed by atoms with E-state index < -0.39 is 36.7 Å². The Labute approximate surface area is 152 Å². The molecule has 1 aliphatic rings. The molecule has 3 rings (SSSR count). The number of nitrogen functional groups attached to an aromatic ring is 1. The molecule has 2 aromatic rings. The van der Waals surface area contributed by atoms with Gasteiger partial charge in [0.05, 0.1) is 12.9 Å². The molecule has 0 bridgehead atoms. The summed E-state index contributed by atoms with van der Waals surface area (Å²) in [6.45, 7) is -0.447. The molecule has 23 heavy (non-hydrogen) atoms. The van der Waals surface area contributed by atoms with Crippen LogP contribution in [-0.4, -0.2) is 70.7 Å². The summed E-state index contributed by atoms with van der Waals surface area (Å²) in [4.78, 5) is 21.8. The van der Waals surface area contributed by atoms with Crippen molar-refractivity contribution in [1.29, 1.82) is 0 Å². The predicted molar refractivity (Wildman–Crippen MR) is 73.9 cm³/mol. The summed E-state index contributed by atoms with van der Waals surface area (Å²) in [5.74, 6) is -0.101. The number of fused-ring (bicyclic) bond motifs is 1. The van der Waals surface area contributed by atoms with Crippen molar-refractivity contribution in [2.45, 2.75) is 24.5 Å². The molecule has 12 nitrogen and oxygen atoms in total. The number of anilines is 1. The largest absolute Gasteiger partial charge is 1.00 e. The van der Waals surface area contributed by atoms with Gasteiger partial charge in [0, 0.05) is 0 Å². The van der Waals surface area contributed by atoms with Gasteiger partial charge in [0.1, 0.15) is 18.3 Å². The van der Waals surface area contributed by atoms with Crippen LogP contribution >= 0.6 is 0 Å². The molecule has 0 spiro atoms. The fourth-order valence-electron chi connectivity index (χ4n) is 2.24. The molecule has 126 valence electrons. The number of aromatic nitrogens is 4. The minimum atomic E-state index is -1.29. The van der Waals surface area contributed by atoms with Gasteiger partial charge in [-0.2, -0.15) is 4.98 Å². The first-order chi connectivity index (χ1) is 9.52. The zero-order chi connectivity index (χ0) is 14.4.